The summed E-state index contributed by atoms with van der Waals surface area (Å²) in [6.45, 7) is 9.03. The number of carbonyl (C=O) groups is 2. The van der Waals surface area contributed by atoms with E-state index in [0.29, 0.717) is 30.4 Å². The van der Waals surface area contributed by atoms with Crippen molar-refractivity contribution in [3.63, 3.8) is 0 Å². The van der Waals surface area contributed by atoms with Gasteiger partial charge in [-0.05, 0) is 47.9 Å². The maximum Gasteiger partial charge on any atom is 0.254 e. The van der Waals surface area contributed by atoms with Crippen molar-refractivity contribution in [1.82, 2.24) is 10.2 Å². The minimum absolute atomic E-state index is 0.00664. The predicted molar refractivity (Wildman–Crippen MR) is 118 cm³/mol. The van der Waals surface area contributed by atoms with Crippen LogP contribution in [0.5, 0.6) is 0 Å². The molecule has 1 aliphatic rings. The minimum atomic E-state index is -0.411. The van der Waals surface area contributed by atoms with E-state index in [-0.39, 0.29) is 17.9 Å². The molecule has 154 valence electrons. The van der Waals surface area contributed by atoms with Gasteiger partial charge in [0, 0.05) is 18.2 Å². The molecule has 2 amide bonds. The molecule has 2 aromatic rings. The Labute approximate surface area is 174 Å². The summed E-state index contributed by atoms with van der Waals surface area (Å²) in [5.74, 6) is 0.707. The summed E-state index contributed by atoms with van der Waals surface area (Å²) < 4.78 is 0. The van der Waals surface area contributed by atoms with Crippen LogP contribution < -0.4 is 5.32 Å². The first kappa shape index (κ1) is 21.1. The van der Waals surface area contributed by atoms with Gasteiger partial charge in [-0.25, -0.2) is 0 Å². The fourth-order valence-corrected chi connectivity index (χ4v) is 4.09. The molecule has 1 aliphatic heterocycles. The number of amides is 2. The second kappa shape index (κ2) is 9.25. The van der Waals surface area contributed by atoms with E-state index in [1.165, 1.54) is 0 Å². The topological polar surface area (TPSA) is 49.4 Å². The molecule has 0 saturated carbocycles. The Morgan fingerprint density at radius 1 is 0.966 bits per heavy atom. The molecule has 3 rings (SSSR count). The van der Waals surface area contributed by atoms with Crippen molar-refractivity contribution in [2.75, 3.05) is 6.54 Å². The van der Waals surface area contributed by atoms with Crippen LogP contribution in [0.4, 0.5) is 0 Å². The van der Waals surface area contributed by atoms with Gasteiger partial charge in [0.2, 0.25) is 5.91 Å². The van der Waals surface area contributed by atoms with Crippen molar-refractivity contribution < 1.29 is 9.59 Å². The van der Waals surface area contributed by atoms with Crippen LogP contribution in [-0.2, 0) is 4.79 Å². The highest BCUT2D eigenvalue weighted by molar-refractivity contribution is 5.99. The molecule has 0 bridgehead atoms. The normalized spacial score (nSPS) is 19.5. The molecule has 1 fully saturated rings. The summed E-state index contributed by atoms with van der Waals surface area (Å²) in [7, 11) is 0. The van der Waals surface area contributed by atoms with Crippen LogP contribution in [0.3, 0.4) is 0 Å². The van der Waals surface area contributed by atoms with E-state index in [2.05, 4.69) is 33.0 Å². The van der Waals surface area contributed by atoms with Crippen molar-refractivity contribution in [2.24, 2.45) is 11.8 Å². The maximum atomic E-state index is 13.5. The number of benzene rings is 2. The number of hydrogen-bond donors (Lipinski definition) is 1. The standard InChI is InChI=1S/C25H32N2O2/c1-17(2)13-22-16-27(23(14-18(3)4)24(28)26-22)25(29)21-12-8-11-20(15-21)19-9-6-5-7-10-19/h5-12,15,17-18,22-23H,13-14,16H2,1-4H3,(H,26,28)/t22-,23-/m0/s1. The second-order valence-electron chi connectivity index (χ2n) is 8.88. The van der Waals surface area contributed by atoms with Gasteiger partial charge in [-0.1, -0.05) is 70.2 Å². The van der Waals surface area contributed by atoms with E-state index in [1.807, 2.05) is 54.6 Å². The lowest BCUT2D eigenvalue weighted by Gasteiger charge is -2.40. The van der Waals surface area contributed by atoms with Crippen LogP contribution in [0.2, 0.25) is 0 Å². The predicted octanol–water partition coefficient (Wildman–Crippen LogP) is 4.76. The summed E-state index contributed by atoms with van der Waals surface area (Å²) in [4.78, 5) is 28.2. The fraction of sp³-hybridized carbons (Fsp3) is 0.440. The van der Waals surface area contributed by atoms with Crippen molar-refractivity contribution in [2.45, 2.75) is 52.6 Å². The minimum Gasteiger partial charge on any atom is -0.350 e. The lowest BCUT2D eigenvalue weighted by atomic mass is 9.94. The first-order valence-electron chi connectivity index (χ1n) is 10.6. The third kappa shape index (κ3) is 5.26. The molecule has 1 heterocycles. The maximum absolute atomic E-state index is 13.5. The molecular weight excluding hydrogens is 360 g/mol. The third-order valence-electron chi connectivity index (χ3n) is 5.37. The molecular formula is C25H32N2O2. The molecule has 1 N–H and O–H groups in total. The monoisotopic (exact) mass is 392 g/mol. The van der Waals surface area contributed by atoms with Crippen LogP contribution in [-0.4, -0.2) is 35.3 Å². The Morgan fingerprint density at radius 3 is 2.28 bits per heavy atom. The first-order valence-corrected chi connectivity index (χ1v) is 10.6. The molecule has 4 heteroatoms. The van der Waals surface area contributed by atoms with Gasteiger partial charge in [-0.3, -0.25) is 9.59 Å². The van der Waals surface area contributed by atoms with Gasteiger partial charge in [-0.2, -0.15) is 0 Å². The van der Waals surface area contributed by atoms with Crippen LogP contribution >= 0.6 is 0 Å². The lowest BCUT2D eigenvalue weighted by molar-refractivity contribution is -0.130. The second-order valence-corrected chi connectivity index (χ2v) is 8.88. The molecule has 4 nitrogen and oxygen atoms in total. The zero-order valence-electron chi connectivity index (χ0n) is 17.9. The molecule has 1 saturated heterocycles. The van der Waals surface area contributed by atoms with Crippen LogP contribution in [0.15, 0.2) is 54.6 Å². The smallest absolute Gasteiger partial charge is 0.254 e. The van der Waals surface area contributed by atoms with Crippen molar-refractivity contribution in [1.29, 1.82) is 0 Å². The highest BCUT2D eigenvalue weighted by Gasteiger charge is 2.38. The quantitative estimate of drug-likeness (QED) is 0.771. The molecule has 0 unspecified atom stereocenters. The fourth-order valence-electron chi connectivity index (χ4n) is 4.09. The Balaban J connectivity index is 1.89. The number of nitrogens with one attached hydrogen (secondary N) is 1. The van der Waals surface area contributed by atoms with Gasteiger partial charge < -0.3 is 10.2 Å². The number of nitrogens with zero attached hydrogens (tertiary/aromatic N) is 1. The summed E-state index contributed by atoms with van der Waals surface area (Å²) in [5.41, 5.74) is 2.73. The Morgan fingerprint density at radius 2 is 1.62 bits per heavy atom. The number of carbonyl (C=O) groups excluding carboxylic acids is 2. The van der Waals surface area contributed by atoms with E-state index in [4.69, 9.17) is 0 Å². The number of hydrogen-bond acceptors (Lipinski definition) is 2. The van der Waals surface area contributed by atoms with Crippen LogP contribution in [0, 0.1) is 11.8 Å². The van der Waals surface area contributed by atoms with Gasteiger partial charge in [0.25, 0.3) is 5.91 Å². The lowest BCUT2D eigenvalue weighted by Crippen LogP contribution is -2.62. The van der Waals surface area contributed by atoms with Crippen LogP contribution in [0.1, 0.15) is 50.9 Å². The van der Waals surface area contributed by atoms with E-state index in [9.17, 15) is 9.59 Å². The molecule has 0 spiro atoms. The molecule has 2 aromatic carbocycles. The van der Waals surface area contributed by atoms with E-state index < -0.39 is 6.04 Å². The van der Waals surface area contributed by atoms with Gasteiger partial charge in [0.15, 0.2) is 0 Å². The molecule has 0 aromatic heterocycles. The van der Waals surface area contributed by atoms with E-state index in [0.717, 1.165) is 17.5 Å². The Bertz CT molecular complexity index is 845. The highest BCUT2D eigenvalue weighted by Crippen LogP contribution is 2.24. The van der Waals surface area contributed by atoms with Gasteiger partial charge in [0.05, 0.1) is 0 Å². The number of rotatable bonds is 6. The summed E-state index contributed by atoms with van der Waals surface area (Å²) in [6, 6.07) is 17.4. The average molecular weight is 393 g/mol. The van der Waals surface area contributed by atoms with Gasteiger partial charge in [-0.15, -0.1) is 0 Å². The van der Waals surface area contributed by atoms with E-state index in [1.54, 1.807) is 4.90 Å². The Kier molecular flexibility index (Phi) is 6.73. The van der Waals surface area contributed by atoms with Crippen molar-refractivity contribution in [3.05, 3.63) is 60.2 Å². The van der Waals surface area contributed by atoms with Gasteiger partial charge >= 0.3 is 0 Å². The zero-order valence-corrected chi connectivity index (χ0v) is 17.9. The number of piperazine rings is 1. The SMILES string of the molecule is CC(C)C[C@H]1CN(C(=O)c2cccc(-c3ccccc3)c2)[C@@H](CC(C)C)C(=O)N1. The third-order valence-corrected chi connectivity index (χ3v) is 5.37. The van der Waals surface area contributed by atoms with E-state index >= 15 is 0 Å². The van der Waals surface area contributed by atoms with Crippen LogP contribution in [0.25, 0.3) is 11.1 Å². The van der Waals surface area contributed by atoms with Crippen molar-refractivity contribution >= 4 is 11.8 Å². The molecule has 0 radical (unpaired) electrons. The molecule has 2 atom stereocenters. The average Bonchev–Trinajstić information content (AvgIpc) is 2.69. The summed E-state index contributed by atoms with van der Waals surface area (Å²) in [5, 5.41) is 3.14. The largest absolute Gasteiger partial charge is 0.350 e. The Hall–Kier alpha value is -2.62. The van der Waals surface area contributed by atoms with Crippen molar-refractivity contribution in [3.8, 4) is 11.1 Å². The van der Waals surface area contributed by atoms with Gasteiger partial charge in [0.1, 0.15) is 6.04 Å². The highest BCUT2D eigenvalue weighted by atomic mass is 16.2. The molecule has 29 heavy (non-hydrogen) atoms. The molecule has 0 aliphatic carbocycles. The first-order chi connectivity index (χ1) is 13.8. The zero-order chi connectivity index (χ0) is 21.0. The summed E-state index contributed by atoms with van der Waals surface area (Å²) in [6.07, 6.45) is 1.54. The summed E-state index contributed by atoms with van der Waals surface area (Å²) >= 11 is 0.